The molecule has 2 N–H and O–H groups in total. The predicted molar refractivity (Wildman–Crippen MR) is 323 cm³/mol. The Bertz CT molecular complexity index is 1560. The number of nitrogens with zero attached hydrogens (tertiary/aromatic N) is 1. The van der Waals surface area contributed by atoms with Crippen molar-refractivity contribution in [3.05, 3.63) is 85.1 Å². The minimum atomic E-state index is -4.45. The first kappa shape index (κ1) is 72.2. The largest absolute Gasteiger partial charge is 0.472 e. The van der Waals surface area contributed by atoms with E-state index in [1.165, 1.54) is 103 Å². The van der Waals surface area contributed by atoms with Crippen LogP contribution in [0.15, 0.2) is 85.1 Å². The van der Waals surface area contributed by atoms with Crippen LogP contribution in [0, 0.1) is 0 Å². The van der Waals surface area contributed by atoms with Gasteiger partial charge in [0.15, 0.2) is 0 Å². The first-order chi connectivity index (χ1) is 36.4. The fraction of sp³-hybridized carbons (Fsp3) is 0.754. The molecule has 0 aliphatic heterocycles. The van der Waals surface area contributed by atoms with Gasteiger partial charge >= 0.3 is 13.8 Å². The minimum Gasteiger partial charge on any atom is -0.456 e. The average molecular weight is 1070 g/mol. The van der Waals surface area contributed by atoms with Gasteiger partial charge in [0.05, 0.1) is 33.8 Å². The number of carbonyl (C=O) groups excluding carboxylic acids is 2. The van der Waals surface area contributed by atoms with Crippen LogP contribution in [0.2, 0.25) is 0 Å². The molecular formula is C65H118N2O7P+. The van der Waals surface area contributed by atoms with Gasteiger partial charge in [0.25, 0.3) is 0 Å². The molecular weight excluding hydrogens is 952 g/mol. The molecule has 3 atom stereocenters. The number of allylic oxidation sites excluding steroid dienone is 13. The molecule has 0 aliphatic rings. The van der Waals surface area contributed by atoms with Crippen molar-refractivity contribution >= 4 is 19.7 Å². The third kappa shape index (κ3) is 55.7. The summed E-state index contributed by atoms with van der Waals surface area (Å²) in [7, 11) is 1.48. The number of hydrogen-bond donors (Lipinski definition) is 2. The molecule has 434 valence electrons. The van der Waals surface area contributed by atoms with Crippen molar-refractivity contribution < 1.29 is 37.3 Å². The first-order valence-electron chi connectivity index (χ1n) is 30.9. The van der Waals surface area contributed by atoms with Crippen molar-refractivity contribution in [3.63, 3.8) is 0 Å². The Morgan fingerprint density at radius 2 is 0.867 bits per heavy atom. The Balaban J connectivity index is 5.15. The third-order valence-electron chi connectivity index (χ3n) is 13.3. The number of unbranched alkanes of at least 4 members (excludes halogenated alkanes) is 27. The number of hydrogen-bond acceptors (Lipinski definition) is 6. The molecule has 10 heteroatoms. The third-order valence-corrected chi connectivity index (χ3v) is 14.3. The summed E-state index contributed by atoms with van der Waals surface area (Å²) in [6.45, 7) is 6.85. The Labute approximate surface area is 463 Å². The van der Waals surface area contributed by atoms with Gasteiger partial charge in [-0.1, -0.05) is 241 Å². The van der Waals surface area contributed by atoms with Gasteiger partial charge in [-0.15, -0.1) is 0 Å². The van der Waals surface area contributed by atoms with Crippen molar-refractivity contribution in [2.24, 2.45) is 0 Å². The van der Waals surface area contributed by atoms with Crippen LogP contribution < -0.4 is 5.32 Å². The molecule has 0 aromatic rings. The van der Waals surface area contributed by atoms with Crippen LogP contribution in [-0.4, -0.2) is 74.3 Å². The summed E-state index contributed by atoms with van der Waals surface area (Å²) in [4.78, 5) is 37.6. The fourth-order valence-corrected chi connectivity index (χ4v) is 9.27. The molecule has 0 fully saturated rings. The summed E-state index contributed by atoms with van der Waals surface area (Å²) >= 11 is 0. The van der Waals surface area contributed by atoms with Crippen LogP contribution in [0.25, 0.3) is 0 Å². The van der Waals surface area contributed by atoms with E-state index in [1.54, 1.807) is 0 Å². The second-order valence-electron chi connectivity index (χ2n) is 21.8. The van der Waals surface area contributed by atoms with E-state index in [-0.39, 0.29) is 31.5 Å². The number of likely N-dealkylation sites (N-methyl/N-ethyl adjacent to an activating group) is 1. The van der Waals surface area contributed by atoms with E-state index < -0.39 is 20.0 Å². The Morgan fingerprint density at radius 3 is 1.33 bits per heavy atom. The van der Waals surface area contributed by atoms with E-state index >= 15 is 0 Å². The number of rotatable bonds is 55. The number of phosphoric acid groups is 1. The minimum absolute atomic E-state index is 0.0348. The lowest BCUT2D eigenvalue weighted by Gasteiger charge is -2.27. The number of nitrogens with one attached hydrogen (secondary N) is 1. The zero-order valence-corrected chi connectivity index (χ0v) is 50.4. The Kier molecular flexibility index (Phi) is 52.5. The van der Waals surface area contributed by atoms with Crippen LogP contribution in [0.1, 0.15) is 265 Å². The SMILES string of the molecule is CC/C=C\C/C=C\C/C=C\C/C=C\C/C=C\CCCCCCCCCCCC(=O)NC(COP(=O)(O)OCC[N+](C)(C)C)C(/C=C/CCCCCCCCCCCCC)OC(=O)CCCCCCC/C=C\CCCC. The van der Waals surface area contributed by atoms with E-state index in [4.69, 9.17) is 13.8 Å². The number of amides is 1. The van der Waals surface area contributed by atoms with Crippen molar-refractivity contribution in [1.29, 1.82) is 0 Å². The molecule has 0 aromatic heterocycles. The van der Waals surface area contributed by atoms with Crippen LogP contribution in [0.3, 0.4) is 0 Å². The summed E-state index contributed by atoms with van der Waals surface area (Å²) < 4.78 is 30.6. The zero-order valence-electron chi connectivity index (χ0n) is 49.5. The molecule has 9 nitrogen and oxygen atoms in total. The maximum Gasteiger partial charge on any atom is 0.472 e. The standard InChI is InChI=1S/C65H117N2O7P/c1-7-10-13-16-19-22-25-27-28-29-30-31-32-33-34-35-36-37-38-40-43-45-48-51-54-57-64(68)66-62(61-73-75(70,71)72-60-59-67(4,5)6)63(56-53-50-47-44-42-39-26-23-20-17-14-11-8-2)74-65(69)58-55-52-49-46-41-24-21-18-15-12-9-3/h10,13,18-19,21-22,27-28,30-31,33-34,53,56,62-63H,7-9,11-12,14-17,20,23-26,29,32,35-52,54-55,57-61H2,1-6H3,(H-,66,68,70,71)/p+1/b13-10-,21-18-,22-19-,28-27-,31-30-,34-33-,56-53+. The van der Waals surface area contributed by atoms with Crippen LogP contribution in [0.4, 0.5) is 0 Å². The number of carbonyl (C=O) groups is 2. The van der Waals surface area contributed by atoms with Gasteiger partial charge in [-0.2, -0.15) is 0 Å². The van der Waals surface area contributed by atoms with E-state index in [0.29, 0.717) is 17.4 Å². The van der Waals surface area contributed by atoms with Gasteiger partial charge in [0.1, 0.15) is 19.3 Å². The molecule has 0 saturated carbocycles. The molecule has 75 heavy (non-hydrogen) atoms. The van der Waals surface area contributed by atoms with Gasteiger partial charge in [-0.25, -0.2) is 4.57 Å². The number of phosphoric ester groups is 1. The molecule has 0 saturated heterocycles. The van der Waals surface area contributed by atoms with Gasteiger partial charge in [0, 0.05) is 12.8 Å². The van der Waals surface area contributed by atoms with E-state index in [9.17, 15) is 19.0 Å². The number of ether oxygens (including phenoxy) is 1. The lowest BCUT2D eigenvalue weighted by molar-refractivity contribution is -0.870. The lowest BCUT2D eigenvalue weighted by Crippen LogP contribution is -2.47. The van der Waals surface area contributed by atoms with Crippen molar-refractivity contribution in [2.75, 3.05) is 40.9 Å². The normalized spacial score (nSPS) is 14.3. The average Bonchev–Trinajstić information content (AvgIpc) is 3.37. The molecule has 0 rings (SSSR count). The number of quaternary nitrogens is 1. The summed E-state index contributed by atoms with van der Waals surface area (Å²) in [5.74, 6) is -0.524. The van der Waals surface area contributed by atoms with Gasteiger partial charge in [0.2, 0.25) is 5.91 Å². The van der Waals surface area contributed by atoms with Crippen LogP contribution in [-0.2, 0) is 27.9 Å². The molecule has 0 radical (unpaired) electrons. The van der Waals surface area contributed by atoms with E-state index in [1.807, 2.05) is 33.3 Å². The smallest absolute Gasteiger partial charge is 0.456 e. The first-order valence-corrected chi connectivity index (χ1v) is 32.4. The Hall–Kier alpha value is -2.81. The summed E-state index contributed by atoms with van der Waals surface area (Å²) in [6, 6.07) is -0.858. The number of esters is 1. The highest BCUT2D eigenvalue weighted by Gasteiger charge is 2.30. The van der Waals surface area contributed by atoms with Crippen LogP contribution in [0.5, 0.6) is 0 Å². The van der Waals surface area contributed by atoms with E-state index in [2.05, 4.69) is 99.0 Å². The molecule has 0 aromatic carbocycles. The summed E-state index contributed by atoms with van der Waals surface area (Å²) in [6.07, 6.45) is 71.5. The van der Waals surface area contributed by atoms with Gasteiger partial charge in [-0.05, 0) is 96.0 Å². The zero-order chi connectivity index (χ0) is 55.0. The summed E-state index contributed by atoms with van der Waals surface area (Å²) in [5, 5.41) is 3.05. The van der Waals surface area contributed by atoms with Crippen molar-refractivity contribution in [1.82, 2.24) is 5.32 Å². The maximum atomic E-state index is 13.5. The predicted octanol–water partition coefficient (Wildman–Crippen LogP) is 19.0. The highest BCUT2D eigenvalue weighted by Crippen LogP contribution is 2.43. The van der Waals surface area contributed by atoms with Gasteiger partial charge in [-0.3, -0.25) is 18.6 Å². The highest BCUT2D eigenvalue weighted by molar-refractivity contribution is 7.47. The molecule has 0 aliphatic carbocycles. The quantitative estimate of drug-likeness (QED) is 0.0205. The molecule has 3 unspecified atom stereocenters. The second-order valence-corrected chi connectivity index (χ2v) is 23.3. The Morgan fingerprint density at radius 1 is 0.480 bits per heavy atom. The summed E-state index contributed by atoms with van der Waals surface area (Å²) in [5.41, 5.74) is 0. The van der Waals surface area contributed by atoms with Crippen molar-refractivity contribution in [3.8, 4) is 0 Å². The van der Waals surface area contributed by atoms with E-state index in [0.717, 1.165) is 128 Å². The second kappa shape index (κ2) is 54.5. The topological polar surface area (TPSA) is 111 Å². The molecule has 1 amide bonds. The van der Waals surface area contributed by atoms with Gasteiger partial charge < -0.3 is 19.4 Å². The lowest BCUT2D eigenvalue weighted by atomic mass is 10.0. The van der Waals surface area contributed by atoms with Crippen LogP contribution >= 0.6 is 7.82 Å². The molecule has 0 bridgehead atoms. The van der Waals surface area contributed by atoms with Crippen molar-refractivity contribution in [2.45, 2.75) is 277 Å². The molecule has 0 spiro atoms. The highest BCUT2D eigenvalue weighted by atomic mass is 31.2. The molecule has 0 heterocycles. The maximum absolute atomic E-state index is 13.5. The monoisotopic (exact) mass is 1070 g/mol. The fourth-order valence-electron chi connectivity index (χ4n) is 8.54.